The molecule has 6 heteroatoms. The molecular formula is C11H9BrClN3O. The molecule has 0 aliphatic heterocycles. The molecule has 0 aliphatic carbocycles. The summed E-state index contributed by atoms with van der Waals surface area (Å²) in [5.41, 5.74) is 1.36. The molecule has 4 nitrogen and oxygen atoms in total. The van der Waals surface area contributed by atoms with Crippen molar-refractivity contribution < 1.29 is 4.79 Å². The number of nitrogens with one attached hydrogen (secondary N) is 1. The Labute approximate surface area is 112 Å². The minimum Gasteiger partial charge on any atom is -0.323 e. The topological polar surface area (TPSA) is 46.9 Å². The van der Waals surface area contributed by atoms with Crippen LogP contribution in [0.25, 0.3) is 5.69 Å². The number of nitrogens with zero attached hydrogens (tertiary/aromatic N) is 2. The van der Waals surface area contributed by atoms with Gasteiger partial charge in [0.1, 0.15) is 0 Å². The van der Waals surface area contributed by atoms with Crippen molar-refractivity contribution in [2.75, 3.05) is 10.6 Å². The van der Waals surface area contributed by atoms with Gasteiger partial charge in [-0.15, -0.1) is 0 Å². The maximum Gasteiger partial charge on any atom is 0.235 e. The standard InChI is InChI=1S/C11H9BrClN3O/c12-6-10(17)15-9-3-1-2-8(13)11(9)16-5-4-14-7-16/h1-5,7H,6H2,(H,15,17). The maximum atomic E-state index is 11.4. The summed E-state index contributed by atoms with van der Waals surface area (Å²) in [5, 5.41) is 3.56. The van der Waals surface area contributed by atoms with E-state index in [0.29, 0.717) is 16.4 Å². The van der Waals surface area contributed by atoms with Crippen LogP contribution in [0.5, 0.6) is 0 Å². The van der Waals surface area contributed by atoms with Gasteiger partial charge in [0.15, 0.2) is 0 Å². The molecule has 2 aromatic rings. The highest BCUT2D eigenvalue weighted by Crippen LogP contribution is 2.28. The second-order valence-corrected chi connectivity index (χ2v) is 4.26. The van der Waals surface area contributed by atoms with E-state index in [-0.39, 0.29) is 11.2 Å². The highest BCUT2D eigenvalue weighted by Gasteiger charge is 2.10. The lowest BCUT2D eigenvalue weighted by Crippen LogP contribution is -2.14. The molecule has 0 saturated carbocycles. The number of carbonyl (C=O) groups excluding carboxylic acids is 1. The number of anilines is 1. The lowest BCUT2D eigenvalue weighted by Gasteiger charge is -2.12. The van der Waals surface area contributed by atoms with Crippen molar-refractivity contribution in [1.29, 1.82) is 0 Å². The van der Waals surface area contributed by atoms with Crippen LogP contribution >= 0.6 is 27.5 Å². The molecule has 1 N–H and O–H groups in total. The minimum absolute atomic E-state index is 0.131. The van der Waals surface area contributed by atoms with E-state index < -0.39 is 0 Å². The molecule has 0 bridgehead atoms. The van der Waals surface area contributed by atoms with Gasteiger partial charge in [0.05, 0.1) is 28.1 Å². The smallest absolute Gasteiger partial charge is 0.235 e. The van der Waals surface area contributed by atoms with Gasteiger partial charge in [0.2, 0.25) is 5.91 Å². The highest BCUT2D eigenvalue weighted by molar-refractivity contribution is 9.09. The van der Waals surface area contributed by atoms with Crippen molar-refractivity contribution in [2.24, 2.45) is 0 Å². The Morgan fingerprint density at radius 3 is 3.00 bits per heavy atom. The van der Waals surface area contributed by atoms with Crippen LogP contribution in [0.2, 0.25) is 5.02 Å². The van der Waals surface area contributed by atoms with Crippen LogP contribution in [0.4, 0.5) is 5.69 Å². The molecule has 0 saturated heterocycles. The molecule has 2 rings (SSSR count). The SMILES string of the molecule is O=C(CBr)Nc1cccc(Cl)c1-n1ccnc1. The first kappa shape index (κ1) is 12.1. The van der Waals surface area contributed by atoms with Gasteiger partial charge in [0.25, 0.3) is 0 Å². The van der Waals surface area contributed by atoms with E-state index in [2.05, 4.69) is 26.2 Å². The Hall–Kier alpha value is -1.33. The molecule has 0 atom stereocenters. The molecule has 0 unspecified atom stereocenters. The molecule has 0 radical (unpaired) electrons. The highest BCUT2D eigenvalue weighted by atomic mass is 79.9. The molecule has 88 valence electrons. The van der Waals surface area contributed by atoms with Crippen molar-refractivity contribution in [1.82, 2.24) is 9.55 Å². The van der Waals surface area contributed by atoms with Gasteiger partial charge in [-0.05, 0) is 12.1 Å². The van der Waals surface area contributed by atoms with Crippen molar-refractivity contribution >= 4 is 39.1 Å². The van der Waals surface area contributed by atoms with Crippen molar-refractivity contribution in [3.05, 3.63) is 41.9 Å². The third-order valence-corrected chi connectivity index (χ3v) is 2.96. The molecule has 1 amide bonds. The van der Waals surface area contributed by atoms with Crippen molar-refractivity contribution in [3.63, 3.8) is 0 Å². The third-order valence-electron chi connectivity index (χ3n) is 2.14. The number of hydrogen-bond donors (Lipinski definition) is 1. The second kappa shape index (κ2) is 5.33. The molecule has 1 aromatic carbocycles. The Balaban J connectivity index is 2.45. The Morgan fingerprint density at radius 2 is 2.35 bits per heavy atom. The van der Waals surface area contributed by atoms with Crippen LogP contribution in [0.3, 0.4) is 0 Å². The van der Waals surface area contributed by atoms with Gasteiger partial charge >= 0.3 is 0 Å². The van der Waals surface area contributed by atoms with E-state index in [1.54, 1.807) is 41.5 Å². The summed E-state index contributed by atoms with van der Waals surface area (Å²) in [6.07, 6.45) is 5.05. The number of aromatic nitrogens is 2. The average molecular weight is 315 g/mol. The fourth-order valence-corrected chi connectivity index (χ4v) is 1.87. The first-order valence-electron chi connectivity index (χ1n) is 4.85. The Bertz CT molecular complexity index is 528. The van der Waals surface area contributed by atoms with Crippen LogP contribution < -0.4 is 5.32 Å². The predicted molar refractivity (Wildman–Crippen MR) is 71.0 cm³/mol. The fourth-order valence-electron chi connectivity index (χ4n) is 1.45. The number of amides is 1. The zero-order valence-electron chi connectivity index (χ0n) is 8.73. The van der Waals surface area contributed by atoms with Crippen LogP contribution in [0, 0.1) is 0 Å². The molecule has 0 aliphatic rings. The first-order valence-corrected chi connectivity index (χ1v) is 6.35. The summed E-state index contributed by atoms with van der Waals surface area (Å²) in [6.45, 7) is 0. The van der Waals surface area contributed by atoms with Crippen LogP contribution in [0.15, 0.2) is 36.9 Å². The Morgan fingerprint density at radius 1 is 1.53 bits per heavy atom. The Kier molecular flexibility index (Phi) is 3.81. The van der Waals surface area contributed by atoms with E-state index in [4.69, 9.17) is 11.6 Å². The summed E-state index contributed by atoms with van der Waals surface area (Å²) in [4.78, 5) is 15.4. The van der Waals surface area contributed by atoms with Gasteiger partial charge in [-0.3, -0.25) is 4.79 Å². The van der Waals surface area contributed by atoms with Gasteiger partial charge in [-0.2, -0.15) is 0 Å². The molecule has 1 heterocycles. The van der Waals surface area contributed by atoms with E-state index >= 15 is 0 Å². The summed E-state index contributed by atoms with van der Waals surface area (Å²) >= 11 is 9.24. The third kappa shape index (κ3) is 2.68. The minimum atomic E-state index is -0.131. The maximum absolute atomic E-state index is 11.4. The molecule has 0 spiro atoms. The average Bonchev–Trinajstić information content (AvgIpc) is 2.82. The van der Waals surface area contributed by atoms with Crippen molar-refractivity contribution in [3.8, 4) is 5.69 Å². The quantitative estimate of drug-likeness (QED) is 0.886. The van der Waals surface area contributed by atoms with Crippen molar-refractivity contribution in [2.45, 2.75) is 0 Å². The molecular weight excluding hydrogens is 305 g/mol. The summed E-state index contributed by atoms with van der Waals surface area (Å²) in [6, 6.07) is 5.34. The fraction of sp³-hybridized carbons (Fsp3) is 0.0909. The number of benzene rings is 1. The van der Waals surface area contributed by atoms with E-state index in [9.17, 15) is 4.79 Å². The van der Waals surface area contributed by atoms with Crippen LogP contribution in [0.1, 0.15) is 0 Å². The molecule has 0 fully saturated rings. The summed E-state index contributed by atoms with van der Waals surface area (Å²) in [5.74, 6) is -0.131. The van der Waals surface area contributed by atoms with Gasteiger partial charge in [-0.25, -0.2) is 4.98 Å². The lowest BCUT2D eigenvalue weighted by atomic mass is 10.2. The van der Waals surface area contributed by atoms with E-state index in [1.165, 1.54) is 0 Å². The zero-order valence-corrected chi connectivity index (χ0v) is 11.1. The number of alkyl halides is 1. The van der Waals surface area contributed by atoms with Gasteiger partial charge < -0.3 is 9.88 Å². The second-order valence-electron chi connectivity index (χ2n) is 3.29. The number of carbonyl (C=O) groups is 1. The van der Waals surface area contributed by atoms with Gasteiger partial charge in [0, 0.05) is 12.4 Å². The van der Waals surface area contributed by atoms with Crippen LogP contribution in [-0.4, -0.2) is 20.8 Å². The first-order chi connectivity index (χ1) is 8.22. The zero-order chi connectivity index (χ0) is 12.3. The van der Waals surface area contributed by atoms with E-state index in [1.807, 2.05) is 0 Å². The number of rotatable bonds is 3. The number of para-hydroxylation sites is 1. The number of halogens is 2. The molecule has 17 heavy (non-hydrogen) atoms. The predicted octanol–water partition coefficient (Wildman–Crippen LogP) is 2.86. The van der Waals surface area contributed by atoms with E-state index in [0.717, 1.165) is 0 Å². The normalized spacial score (nSPS) is 10.2. The number of imidazole rings is 1. The van der Waals surface area contributed by atoms with Crippen LogP contribution in [-0.2, 0) is 4.79 Å². The largest absolute Gasteiger partial charge is 0.323 e. The monoisotopic (exact) mass is 313 g/mol. The van der Waals surface area contributed by atoms with Gasteiger partial charge in [-0.1, -0.05) is 33.6 Å². The lowest BCUT2D eigenvalue weighted by molar-refractivity contribution is -0.113. The summed E-state index contributed by atoms with van der Waals surface area (Å²) < 4.78 is 1.76. The molecule has 1 aromatic heterocycles. The summed E-state index contributed by atoms with van der Waals surface area (Å²) in [7, 11) is 0. The number of hydrogen-bond acceptors (Lipinski definition) is 2.